The van der Waals surface area contributed by atoms with Crippen LogP contribution >= 0.6 is 0 Å². The van der Waals surface area contributed by atoms with Crippen molar-refractivity contribution in [2.75, 3.05) is 39.3 Å². The Labute approximate surface area is 161 Å². The van der Waals surface area contributed by atoms with Crippen molar-refractivity contribution in [1.82, 2.24) is 20.3 Å². The predicted molar refractivity (Wildman–Crippen MR) is 105 cm³/mol. The number of carbonyl (C=O) groups excluding carboxylic acids is 1. The van der Waals surface area contributed by atoms with E-state index in [4.69, 9.17) is 0 Å². The van der Waals surface area contributed by atoms with Gasteiger partial charge in [-0.2, -0.15) is 0 Å². The maximum atomic E-state index is 12.1. The Kier molecular flexibility index (Phi) is 7.23. The van der Waals surface area contributed by atoms with Crippen LogP contribution in [0, 0.1) is 0 Å². The molecule has 0 unspecified atom stereocenters. The summed E-state index contributed by atoms with van der Waals surface area (Å²) >= 11 is 0. The lowest BCUT2D eigenvalue weighted by Crippen LogP contribution is -2.44. The summed E-state index contributed by atoms with van der Waals surface area (Å²) in [5, 5.41) is 6.30. The molecule has 1 aromatic rings. The summed E-state index contributed by atoms with van der Waals surface area (Å²) in [7, 11) is -3.41. The van der Waals surface area contributed by atoms with Gasteiger partial charge in [-0.05, 0) is 49.9 Å². The van der Waals surface area contributed by atoms with Gasteiger partial charge < -0.3 is 15.5 Å². The number of benzene rings is 1. The van der Waals surface area contributed by atoms with Crippen LogP contribution in [0.1, 0.15) is 31.2 Å². The molecule has 2 fully saturated rings. The minimum Gasteiger partial charge on any atom is -0.356 e. The number of hydrogen-bond acceptors (Lipinski definition) is 5. The standard InChI is InChI=1S/C19H30N4O3S/c24-19(21-10-1-13-23-14-11-20-12-15-23)9-4-16-2-7-18(8-3-16)27(25,26)22-17-5-6-17/h2-3,7-8,17,20,22H,1,4-6,9-15H2,(H,21,24). The zero-order valence-electron chi connectivity index (χ0n) is 15.7. The fraction of sp³-hybridized carbons (Fsp3) is 0.632. The van der Waals surface area contributed by atoms with E-state index in [1.165, 1.54) is 0 Å². The summed E-state index contributed by atoms with van der Waals surface area (Å²) in [4.78, 5) is 14.7. The Morgan fingerprint density at radius 1 is 1.15 bits per heavy atom. The topological polar surface area (TPSA) is 90.5 Å². The van der Waals surface area contributed by atoms with Gasteiger partial charge >= 0.3 is 0 Å². The lowest BCUT2D eigenvalue weighted by atomic mass is 10.1. The molecule has 0 spiro atoms. The van der Waals surface area contributed by atoms with Gasteiger partial charge in [-0.3, -0.25) is 4.79 Å². The van der Waals surface area contributed by atoms with E-state index in [1.54, 1.807) is 24.3 Å². The summed E-state index contributed by atoms with van der Waals surface area (Å²) < 4.78 is 26.9. The van der Waals surface area contributed by atoms with Gasteiger partial charge in [-0.1, -0.05) is 12.1 Å². The van der Waals surface area contributed by atoms with Gasteiger partial charge in [0.05, 0.1) is 4.90 Å². The van der Waals surface area contributed by atoms with Gasteiger partial charge in [0.25, 0.3) is 0 Å². The van der Waals surface area contributed by atoms with Crippen LogP contribution in [-0.2, 0) is 21.2 Å². The Hall–Kier alpha value is -1.48. The number of amides is 1. The molecule has 1 aliphatic carbocycles. The Morgan fingerprint density at radius 3 is 2.52 bits per heavy atom. The van der Waals surface area contributed by atoms with E-state index in [2.05, 4.69) is 20.3 Å². The lowest BCUT2D eigenvalue weighted by Gasteiger charge is -2.27. The third-order valence-electron chi connectivity index (χ3n) is 4.96. The zero-order valence-corrected chi connectivity index (χ0v) is 16.6. The van der Waals surface area contributed by atoms with Crippen molar-refractivity contribution in [1.29, 1.82) is 0 Å². The van der Waals surface area contributed by atoms with E-state index in [9.17, 15) is 13.2 Å². The van der Waals surface area contributed by atoms with Crippen LogP contribution in [0.5, 0.6) is 0 Å². The molecule has 1 heterocycles. The van der Waals surface area contributed by atoms with Crippen molar-refractivity contribution in [3.8, 4) is 0 Å². The maximum absolute atomic E-state index is 12.1. The molecule has 7 nitrogen and oxygen atoms in total. The Bertz CT molecular complexity index is 711. The van der Waals surface area contributed by atoms with E-state index in [-0.39, 0.29) is 16.8 Å². The number of aryl methyl sites for hydroxylation is 1. The van der Waals surface area contributed by atoms with Gasteiger partial charge in [0.2, 0.25) is 15.9 Å². The van der Waals surface area contributed by atoms with E-state index >= 15 is 0 Å². The van der Waals surface area contributed by atoms with E-state index < -0.39 is 10.0 Å². The van der Waals surface area contributed by atoms with Crippen molar-refractivity contribution < 1.29 is 13.2 Å². The smallest absolute Gasteiger partial charge is 0.240 e. The summed E-state index contributed by atoms with van der Waals surface area (Å²) in [6, 6.07) is 6.92. The van der Waals surface area contributed by atoms with Gasteiger partial charge in [-0.25, -0.2) is 13.1 Å². The predicted octanol–water partition coefficient (Wildman–Crippen LogP) is 0.471. The Balaban J connectivity index is 1.33. The first kappa shape index (κ1) is 20.3. The molecule has 27 heavy (non-hydrogen) atoms. The molecule has 2 aliphatic rings. The average molecular weight is 395 g/mol. The number of nitrogens with zero attached hydrogens (tertiary/aromatic N) is 1. The van der Waals surface area contributed by atoms with Crippen LogP contribution < -0.4 is 15.4 Å². The zero-order chi connectivity index (χ0) is 19.1. The van der Waals surface area contributed by atoms with Crippen molar-refractivity contribution in [3.05, 3.63) is 29.8 Å². The molecule has 150 valence electrons. The number of sulfonamides is 1. The van der Waals surface area contributed by atoms with Crippen molar-refractivity contribution in [3.63, 3.8) is 0 Å². The lowest BCUT2D eigenvalue weighted by molar-refractivity contribution is -0.121. The number of nitrogens with one attached hydrogen (secondary N) is 3. The molecule has 0 radical (unpaired) electrons. The highest BCUT2D eigenvalue weighted by atomic mass is 32.2. The fourth-order valence-corrected chi connectivity index (χ4v) is 4.44. The first-order valence-electron chi connectivity index (χ1n) is 9.84. The molecule has 3 N–H and O–H groups in total. The first-order chi connectivity index (χ1) is 13.0. The maximum Gasteiger partial charge on any atom is 0.240 e. The van der Waals surface area contributed by atoms with Crippen LogP contribution in [-0.4, -0.2) is 64.5 Å². The molecule has 1 saturated heterocycles. The normalized spacial score (nSPS) is 18.4. The van der Waals surface area contributed by atoms with Crippen molar-refractivity contribution >= 4 is 15.9 Å². The van der Waals surface area contributed by atoms with Crippen molar-refractivity contribution in [2.45, 2.75) is 43.0 Å². The summed E-state index contributed by atoms with van der Waals surface area (Å²) in [5.74, 6) is 0.0439. The highest BCUT2D eigenvalue weighted by molar-refractivity contribution is 7.89. The van der Waals surface area contributed by atoms with Crippen LogP contribution in [0.15, 0.2) is 29.2 Å². The van der Waals surface area contributed by atoms with Crippen LogP contribution in [0.25, 0.3) is 0 Å². The Morgan fingerprint density at radius 2 is 1.85 bits per heavy atom. The first-order valence-corrected chi connectivity index (χ1v) is 11.3. The third-order valence-corrected chi connectivity index (χ3v) is 6.49. The highest BCUT2D eigenvalue weighted by Gasteiger charge is 2.27. The molecular weight excluding hydrogens is 364 g/mol. The molecule has 1 saturated carbocycles. The van der Waals surface area contributed by atoms with E-state index in [1.807, 2.05) is 0 Å². The fourth-order valence-electron chi connectivity index (χ4n) is 3.14. The van der Waals surface area contributed by atoms with E-state index in [0.29, 0.717) is 19.4 Å². The molecule has 0 atom stereocenters. The van der Waals surface area contributed by atoms with Gasteiger partial charge in [-0.15, -0.1) is 0 Å². The number of piperazine rings is 1. The summed E-state index contributed by atoms with van der Waals surface area (Å²) in [5.41, 5.74) is 0.969. The molecule has 3 rings (SSSR count). The summed E-state index contributed by atoms with van der Waals surface area (Å²) in [6.07, 6.45) is 3.83. The molecule has 0 aromatic heterocycles. The van der Waals surface area contributed by atoms with Gasteiger partial charge in [0.1, 0.15) is 0 Å². The second kappa shape index (κ2) is 9.64. The largest absolute Gasteiger partial charge is 0.356 e. The minimum absolute atomic E-state index is 0.0439. The number of rotatable bonds is 10. The summed E-state index contributed by atoms with van der Waals surface area (Å²) in [6.45, 7) is 5.97. The molecule has 1 aromatic carbocycles. The number of carbonyl (C=O) groups is 1. The van der Waals surface area contributed by atoms with Crippen LogP contribution in [0.3, 0.4) is 0 Å². The monoisotopic (exact) mass is 394 g/mol. The second-order valence-corrected chi connectivity index (χ2v) is 9.05. The molecule has 1 aliphatic heterocycles. The quantitative estimate of drug-likeness (QED) is 0.502. The number of hydrogen-bond donors (Lipinski definition) is 3. The SMILES string of the molecule is O=C(CCc1ccc(S(=O)(=O)NC2CC2)cc1)NCCCN1CCNCC1. The highest BCUT2D eigenvalue weighted by Crippen LogP contribution is 2.22. The molecule has 8 heteroatoms. The average Bonchev–Trinajstić information content (AvgIpc) is 3.48. The van der Waals surface area contributed by atoms with Crippen molar-refractivity contribution in [2.24, 2.45) is 0 Å². The molecule has 0 bridgehead atoms. The molecular formula is C19H30N4O3S. The van der Waals surface area contributed by atoms with E-state index in [0.717, 1.165) is 57.5 Å². The van der Waals surface area contributed by atoms with Gasteiger partial charge in [0, 0.05) is 45.2 Å². The van der Waals surface area contributed by atoms with Crippen LogP contribution in [0.2, 0.25) is 0 Å². The second-order valence-electron chi connectivity index (χ2n) is 7.33. The molecule has 1 amide bonds. The minimum atomic E-state index is -3.41. The van der Waals surface area contributed by atoms with Gasteiger partial charge in [0.15, 0.2) is 0 Å². The third kappa shape index (κ3) is 6.88. The van der Waals surface area contributed by atoms with Crippen LogP contribution in [0.4, 0.5) is 0 Å².